The smallest absolute Gasteiger partial charge is 0.163 e. The van der Waals surface area contributed by atoms with Gasteiger partial charge in [-0.05, 0) is 20.3 Å². The van der Waals surface area contributed by atoms with Crippen molar-refractivity contribution >= 4 is 12.4 Å². The summed E-state index contributed by atoms with van der Waals surface area (Å²) in [6.45, 7) is 4.57. The first-order valence-electron chi connectivity index (χ1n) is 5.13. The molecule has 1 aliphatic carbocycles. The second-order valence-corrected chi connectivity index (χ2v) is 4.68. The molecule has 0 bridgehead atoms. The number of rotatable bonds is 2. The zero-order chi connectivity index (χ0) is 10.3. The summed E-state index contributed by atoms with van der Waals surface area (Å²) in [6, 6.07) is 0.0851. The van der Waals surface area contributed by atoms with E-state index in [0.717, 1.165) is 6.42 Å². The van der Waals surface area contributed by atoms with Crippen LogP contribution in [0.3, 0.4) is 0 Å². The predicted octanol–water partition coefficient (Wildman–Crippen LogP) is 0.922. The molecule has 2 fully saturated rings. The molecule has 0 aromatic carbocycles. The molecule has 1 saturated carbocycles. The first-order valence-corrected chi connectivity index (χ1v) is 5.13. The van der Waals surface area contributed by atoms with Gasteiger partial charge in [0.15, 0.2) is 5.79 Å². The van der Waals surface area contributed by atoms with E-state index in [2.05, 4.69) is 0 Å². The molecule has 0 aromatic rings. The minimum Gasteiger partial charge on any atom is -0.384 e. The third kappa shape index (κ3) is 2.45. The highest BCUT2D eigenvalue weighted by molar-refractivity contribution is 5.85. The third-order valence-corrected chi connectivity index (χ3v) is 3.01. The van der Waals surface area contributed by atoms with Crippen LogP contribution in [-0.4, -0.2) is 37.8 Å². The number of fused-ring (bicyclic) bond motifs is 1. The Morgan fingerprint density at radius 1 is 1.33 bits per heavy atom. The van der Waals surface area contributed by atoms with E-state index in [4.69, 9.17) is 19.9 Å². The molecule has 4 unspecified atom stereocenters. The molecule has 1 aliphatic heterocycles. The molecule has 2 rings (SSSR count). The molecule has 5 heteroatoms. The summed E-state index contributed by atoms with van der Waals surface area (Å²) in [6.07, 6.45) is 1.09. The average molecular weight is 238 g/mol. The first-order chi connectivity index (χ1) is 6.53. The maximum absolute atomic E-state index is 6.00. The van der Waals surface area contributed by atoms with Gasteiger partial charge < -0.3 is 19.9 Å². The molecular formula is C10H20ClNO3. The molecule has 1 saturated heterocycles. The Balaban J connectivity index is 0.00000112. The Kier molecular flexibility index (Phi) is 4.01. The van der Waals surface area contributed by atoms with Crippen LogP contribution in [0.15, 0.2) is 0 Å². The topological polar surface area (TPSA) is 53.7 Å². The Labute approximate surface area is 96.8 Å². The lowest BCUT2D eigenvalue weighted by Gasteiger charge is -2.22. The fraction of sp³-hybridized carbons (Fsp3) is 1.00. The maximum atomic E-state index is 6.00. The van der Waals surface area contributed by atoms with Gasteiger partial charge in [-0.1, -0.05) is 0 Å². The second-order valence-electron chi connectivity index (χ2n) is 4.68. The summed E-state index contributed by atoms with van der Waals surface area (Å²) in [7, 11) is 1.71. The molecular weight excluding hydrogens is 218 g/mol. The number of hydrogen-bond donors (Lipinski definition) is 1. The lowest BCUT2D eigenvalue weighted by molar-refractivity contribution is -0.159. The van der Waals surface area contributed by atoms with E-state index in [-0.39, 0.29) is 30.7 Å². The quantitative estimate of drug-likeness (QED) is 0.776. The maximum Gasteiger partial charge on any atom is 0.163 e. The highest BCUT2D eigenvalue weighted by Crippen LogP contribution is 2.40. The van der Waals surface area contributed by atoms with Gasteiger partial charge in [0.2, 0.25) is 0 Å². The van der Waals surface area contributed by atoms with E-state index in [1.54, 1.807) is 7.11 Å². The van der Waals surface area contributed by atoms with Gasteiger partial charge in [0.1, 0.15) is 6.10 Å². The van der Waals surface area contributed by atoms with E-state index >= 15 is 0 Å². The van der Waals surface area contributed by atoms with Crippen LogP contribution in [0.5, 0.6) is 0 Å². The molecule has 4 atom stereocenters. The van der Waals surface area contributed by atoms with Crippen molar-refractivity contribution in [3.63, 3.8) is 0 Å². The van der Waals surface area contributed by atoms with Crippen LogP contribution in [0, 0.1) is 5.92 Å². The SMILES string of the molecule is COCC1CC(N)C2OC(C)(C)OC12.Cl. The first kappa shape index (κ1) is 13.2. The molecule has 2 N–H and O–H groups in total. The van der Waals surface area contributed by atoms with E-state index < -0.39 is 5.79 Å². The molecule has 2 aliphatic rings. The van der Waals surface area contributed by atoms with Crippen molar-refractivity contribution in [3.05, 3.63) is 0 Å². The van der Waals surface area contributed by atoms with Crippen molar-refractivity contribution in [2.24, 2.45) is 11.7 Å². The Bertz CT molecular complexity index is 225. The van der Waals surface area contributed by atoms with Crippen LogP contribution >= 0.6 is 12.4 Å². The summed E-state index contributed by atoms with van der Waals surface area (Å²) < 4.78 is 16.7. The molecule has 4 nitrogen and oxygen atoms in total. The van der Waals surface area contributed by atoms with Crippen LogP contribution < -0.4 is 5.73 Å². The van der Waals surface area contributed by atoms with Gasteiger partial charge in [-0.25, -0.2) is 0 Å². The molecule has 15 heavy (non-hydrogen) atoms. The highest BCUT2D eigenvalue weighted by Gasteiger charge is 2.52. The van der Waals surface area contributed by atoms with Gasteiger partial charge in [0.25, 0.3) is 0 Å². The van der Waals surface area contributed by atoms with Crippen LogP contribution in [0.1, 0.15) is 20.3 Å². The van der Waals surface area contributed by atoms with E-state index in [1.807, 2.05) is 13.8 Å². The molecule has 90 valence electrons. The normalized spacial score (nSPS) is 42.4. The van der Waals surface area contributed by atoms with Crippen molar-refractivity contribution < 1.29 is 14.2 Å². The van der Waals surface area contributed by atoms with Crippen molar-refractivity contribution in [2.45, 2.75) is 44.3 Å². The summed E-state index contributed by atoms with van der Waals surface area (Å²) in [5.41, 5.74) is 6.00. The number of nitrogens with two attached hydrogens (primary N) is 1. The van der Waals surface area contributed by atoms with Gasteiger partial charge in [0, 0.05) is 19.1 Å². The van der Waals surface area contributed by atoms with Crippen LogP contribution in [0.4, 0.5) is 0 Å². The Morgan fingerprint density at radius 2 is 1.93 bits per heavy atom. The summed E-state index contributed by atoms with van der Waals surface area (Å²) >= 11 is 0. The second kappa shape index (κ2) is 4.55. The molecule has 0 amide bonds. The average Bonchev–Trinajstić information content (AvgIpc) is 2.51. The Morgan fingerprint density at radius 3 is 2.53 bits per heavy atom. The Hall–Kier alpha value is 0.130. The van der Waals surface area contributed by atoms with Crippen molar-refractivity contribution in [2.75, 3.05) is 13.7 Å². The van der Waals surface area contributed by atoms with Gasteiger partial charge >= 0.3 is 0 Å². The zero-order valence-electron chi connectivity index (χ0n) is 9.43. The number of ether oxygens (including phenoxy) is 3. The van der Waals surface area contributed by atoms with E-state index in [1.165, 1.54) is 0 Å². The largest absolute Gasteiger partial charge is 0.384 e. The minimum absolute atomic E-state index is 0. The van der Waals surface area contributed by atoms with Gasteiger partial charge in [-0.3, -0.25) is 0 Å². The van der Waals surface area contributed by atoms with E-state index in [0.29, 0.717) is 12.5 Å². The molecule has 0 spiro atoms. The molecule has 0 aromatic heterocycles. The fourth-order valence-corrected chi connectivity index (χ4v) is 2.51. The predicted molar refractivity (Wildman–Crippen MR) is 59.0 cm³/mol. The van der Waals surface area contributed by atoms with Crippen molar-refractivity contribution in [1.29, 1.82) is 0 Å². The third-order valence-electron chi connectivity index (χ3n) is 3.01. The van der Waals surface area contributed by atoms with Gasteiger partial charge in [-0.2, -0.15) is 0 Å². The number of hydrogen-bond acceptors (Lipinski definition) is 4. The molecule has 1 heterocycles. The van der Waals surface area contributed by atoms with Crippen LogP contribution in [0.2, 0.25) is 0 Å². The number of halogens is 1. The summed E-state index contributed by atoms with van der Waals surface area (Å²) in [5.74, 6) is -0.110. The van der Waals surface area contributed by atoms with Crippen LogP contribution in [0.25, 0.3) is 0 Å². The van der Waals surface area contributed by atoms with E-state index in [9.17, 15) is 0 Å². The lowest BCUT2D eigenvalue weighted by atomic mass is 10.1. The minimum atomic E-state index is -0.487. The monoisotopic (exact) mass is 237 g/mol. The summed E-state index contributed by atoms with van der Waals surface area (Å²) in [4.78, 5) is 0. The standard InChI is InChI=1S/C10H19NO3.ClH/c1-10(2)13-8-6(5-12-3)4-7(11)9(8)14-10;/h6-9H,4-5,11H2,1-3H3;1H. The lowest BCUT2D eigenvalue weighted by Crippen LogP contribution is -2.35. The summed E-state index contributed by atoms with van der Waals surface area (Å²) in [5, 5.41) is 0. The van der Waals surface area contributed by atoms with Crippen LogP contribution in [-0.2, 0) is 14.2 Å². The molecule has 0 radical (unpaired) electrons. The van der Waals surface area contributed by atoms with Crippen molar-refractivity contribution in [1.82, 2.24) is 0 Å². The van der Waals surface area contributed by atoms with Gasteiger partial charge in [-0.15, -0.1) is 12.4 Å². The fourth-order valence-electron chi connectivity index (χ4n) is 2.51. The zero-order valence-corrected chi connectivity index (χ0v) is 10.3. The number of methoxy groups -OCH3 is 1. The van der Waals surface area contributed by atoms with Crippen molar-refractivity contribution in [3.8, 4) is 0 Å². The highest BCUT2D eigenvalue weighted by atomic mass is 35.5. The van der Waals surface area contributed by atoms with Gasteiger partial charge in [0.05, 0.1) is 12.7 Å².